The summed E-state index contributed by atoms with van der Waals surface area (Å²) in [4.78, 5) is 14.9. The van der Waals surface area contributed by atoms with Crippen molar-refractivity contribution in [2.45, 2.75) is 0 Å². The lowest BCUT2D eigenvalue weighted by Crippen LogP contribution is -1.98. The number of hydrogen-bond donors (Lipinski definition) is 2. The molecule has 0 aliphatic carbocycles. The number of hydrogen-bond acceptors (Lipinski definition) is 3. The summed E-state index contributed by atoms with van der Waals surface area (Å²) in [5, 5.41) is 19.1. The predicted octanol–water partition coefficient (Wildman–Crippen LogP) is 3.58. The summed E-state index contributed by atoms with van der Waals surface area (Å²) in [6.07, 6.45) is 0.907. The van der Waals surface area contributed by atoms with E-state index in [0.29, 0.717) is 0 Å². The van der Waals surface area contributed by atoms with Crippen LogP contribution in [0.1, 0.15) is 10.4 Å². The largest absolute Gasteiger partial charge is 0.507 e. The third-order valence-electron chi connectivity index (χ3n) is 3.31. The molecule has 0 unspecified atom stereocenters. The van der Waals surface area contributed by atoms with Crippen molar-refractivity contribution in [1.29, 1.82) is 0 Å². The van der Waals surface area contributed by atoms with E-state index in [-0.39, 0.29) is 33.3 Å². The second-order valence-corrected chi connectivity index (χ2v) is 4.65. The molecule has 0 saturated heterocycles. The number of phenolic OH excluding ortho intramolecular Hbond substituents is 1. The molecule has 0 bridgehead atoms. The zero-order valence-electron chi connectivity index (χ0n) is 11.0. The number of fused-ring (bicyclic) bond motifs is 1. The second-order valence-electron chi connectivity index (χ2n) is 4.65. The topological polar surface area (TPSA) is 70.4 Å². The summed E-state index contributed by atoms with van der Waals surface area (Å²) >= 11 is 0. The summed E-state index contributed by atoms with van der Waals surface area (Å²) in [6.45, 7) is 0. The first-order valence-corrected chi connectivity index (χ1v) is 6.28. The van der Waals surface area contributed by atoms with Crippen LogP contribution in [0.5, 0.6) is 5.75 Å². The number of nitrogens with zero attached hydrogens (tertiary/aromatic N) is 1. The van der Waals surface area contributed by atoms with Gasteiger partial charge in [-0.05, 0) is 24.3 Å². The summed E-state index contributed by atoms with van der Waals surface area (Å²) < 4.78 is 27.9. The molecule has 22 heavy (non-hydrogen) atoms. The smallest absolute Gasteiger partial charge is 0.335 e. The quantitative estimate of drug-likeness (QED) is 0.759. The Morgan fingerprint density at radius 3 is 2.50 bits per heavy atom. The van der Waals surface area contributed by atoms with E-state index >= 15 is 0 Å². The van der Waals surface area contributed by atoms with Gasteiger partial charge in [-0.1, -0.05) is 12.1 Å². The van der Waals surface area contributed by atoms with Crippen molar-refractivity contribution in [3.8, 4) is 17.0 Å². The molecular formula is C16H9F2NO3. The predicted molar refractivity (Wildman–Crippen MR) is 75.7 cm³/mol. The fourth-order valence-corrected chi connectivity index (χ4v) is 2.29. The van der Waals surface area contributed by atoms with Gasteiger partial charge in [-0.25, -0.2) is 13.6 Å². The standard InChI is InChI=1S/C16H9F2NO3/c17-11-2-1-3-13(20)14(11)15-10-6-8(16(21)22)4-5-9(10)12(18)7-19-15/h1-7,20H,(H,21,22). The molecule has 0 aliphatic heterocycles. The van der Waals surface area contributed by atoms with E-state index in [9.17, 15) is 18.7 Å². The first-order chi connectivity index (χ1) is 10.5. The highest BCUT2D eigenvalue weighted by molar-refractivity contribution is 6.00. The van der Waals surface area contributed by atoms with E-state index in [0.717, 1.165) is 12.3 Å². The molecule has 0 radical (unpaired) electrons. The van der Waals surface area contributed by atoms with Gasteiger partial charge in [0.05, 0.1) is 23.0 Å². The normalized spacial score (nSPS) is 10.8. The molecule has 6 heteroatoms. The summed E-state index contributed by atoms with van der Waals surface area (Å²) in [5.41, 5.74) is -0.304. The SMILES string of the molecule is O=C(O)c1ccc2c(F)cnc(-c3c(O)cccc3F)c2c1. The number of aromatic hydroxyl groups is 1. The van der Waals surface area contributed by atoms with Crippen molar-refractivity contribution >= 4 is 16.7 Å². The minimum Gasteiger partial charge on any atom is -0.507 e. The van der Waals surface area contributed by atoms with Gasteiger partial charge < -0.3 is 10.2 Å². The molecule has 0 spiro atoms. The van der Waals surface area contributed by atoms with Gasteiger partial charge in [0.15, 0.2) is 0 Å². The number of benzene rings is 2. The molecule has 2 N–H and O–H groups in total. The van der Waals surface area contributed by atoms with Gasteiger partial charge in [-0.3, -0.25) is 4.98 Å². The van der Waals surface area contributed by atoms with Gasteiger partial charge in [0.25, 0.3) is 0 Å². The maximum absolute atomic E-state index is 14.0. The maximum Gasteiger partial charge on any atom is 0.335 e. The van der Waals surface area contributed by atoms with Crippen LogP contribution in [-0.4, -0.2) is 21.2 Å². The van der Waals surface area contributed by atoms with Gasteiger partial charge >= 0.3 is 5.97 Å². The monoisotopic (exact) mass is 301 g/mol. The lowest BCUT2D eigenvalue weighted by Gasteiger charge is -2.10. The summed E-state index contributed by atoms with van der Waals surface area (Å²) in [5.74, 6) is -2.95. The van der Waals surface area contributed by atoms with E-state index in [1.54, 1.807) is 0 Å². The Kier molecular flexibility index (Phi) is 3.21. The minimum atomic E-state index is -1.20. The van der Waals surface area contributed by atoms with Gasteiger partial charge in [0, 0.05) is 10.8 Å². The van der Waals surface area contributed by atoms with Crippen LogP contribution in [0.4, 0.5) is 8.78 Å². The Morgan fingerprint density at radius 1 is 1.05 bits per heavy atom. The van der Waals surface area contributed by atoms with Crippen LogP contribution >= 0.6 is 0 Å². The molecule has 0 aliphatic rings. The number of aromatic carboxylic acids is 1. The molecular weight excluding hydrogens is 292 g/mol. The average molecular weight is 301 g/mol. The summed E-state index contributed by atoms with van der Waals surface area (Å²) in [6, 6.07) is 7.47. The fourth-order valence-electron chi connectivity index (χ4n) is 2.29. The number of aromatic nitrogens is 1. The van der Waals surface area contributed by atoms with Gasteiger partial charge in [-0.2, -0.15) is 0 Å². The molecule has 0 saturated carbocycles. The fraction of sp³-hybridized carbons (Fsp3) is 0. The third-order valence-corrected chi connectivity index (χ3v) is 3.31. The van der Waals surface area contributed by atoms with Gasteiger partial charge in [0.2, 0.25) is 0 Å². The molecule has 3 rings (SSSR count). The first-order valence-electron chi connectivity index (χ1n) is 6.28. The van der Waals surface area contributed by atoms with Crippen LogP contribution in [0.15, 0.2) is 42.6 Å². The number of carboxylic acid groups (broad SMARTS) is 1. The molecule has 1 aromatic heterocycles. The van der Waals surface area contributed by atoms with Crippen molar-refractivity contribution in [3.63, 3.8) is 0 Å². The van der Waals surface area contributed by atoms with Crippen LogP contribution in [0.2, 0.25) is 0 Å². The molecule has 3 aromatic rings. The molecule has 1 heterocycles. The van der Waals surface area contributed by atoms with Gasteiger partial charge in [-0.15, -0.1) is 0 Å². The highest BCUT2D eigenvalue weighted by atomic mass is 19.1. The first kappa shape index (κ1) is 13.9. The van der Waals surface area contributed by atoms with Gasteiger partial charge in [0.1, 0.15) is 17.4 Å². The van der Waals surface area contributed by atoms with E-state index in [1.165, 1.54) is 30.3 Å². The molecule has 4 nitrogen and oxygen atoms in total. The highest BCUT2D eigenvalue weighted by Crippen LogP contribution is 2.35. The van der Waals surface area contributed by atoms with Crippen LogP contribution < -0.4 is 0 Å². The Morgan fingerprint density at radius 2 is 1.82 bits per heavy atom. The number of carbonyl (C=O) groups is 1. The number of phenols is 1. The van der Waals surface area contributed by atoms with Crippen LogP contribution in [0.25, 0.3) is 22.0 Å². The lowest BCUT2D eigenvalue weighted by atomic mass is 10.0. The van der Waals surface area contributed by atoms with Crippen molar-refractivity contribution in [3.05, 3.63) is 59.8 Å². The lowest BCUT2D eigenvalue weighted by molar-refractivity contribution is 0.0697. The van der Waals surface area contributed by atoms with Crippen molar-refractivity contribution < 1.29 is 23.8 Å². The number of pyridine rings is 1. The zero-order chi connectivity index (χ0) is 15.9. The Hall–Kier alpha value is -3.02. The third kappa shape index (κ3) is 2.14. The molecule has 0 fully saturated rings. The molecule has 0 atom stereocenters. The Balaban J connectivity index is 2.41. The number of rotatable bonds is 2. The minimum absolute atomic E-state index is 0.0184. The Labute approximate surface area is 123 Å². The van der Waals surface area contributed by atoms with E-state index < -0.39 is 17.6 Å². The Bertz CT molecular complexity index is 889. The van der Waals surface area contributed by atoms with Crippen molar-refractivity contribution in [1.82, 2.24) is 4.98 Å². The highest BCUT2D eigenvalue weighted by Gasteiger charge is 2.17. The number of carboxylic acids is 1. The molecule has 0 amide bonds. The number of halogens is 2. The van der Waals surface area contributed by atoms with Crippen LogP contribution in [0.3, 0.4) is 0 Å². The van der Waals surface area contributed by atoms with Crippen LogP contribution in [0, 0.1) is 11.6 Å². The van der Waals surface area contributed by atoms with Crippen LogP contribution in [-0.2, 0) is 0 Å². The maximum atomic E-state index is 14.0. The molecule has 110 valence electrons. The average Bonchev–Trinajstić information content (AvgIpc) is 2.49. The van der Waals surface area contributed by atoms with Crippen molar-refractivity contribution in [2.24, 2.45) is 0 Å². The van der Waals surface area contributed by atoms with E-state index in [2.05, 4.69) is 4.98 Å². The second kappa shape index (κ2) is 5.07. The van der Waals surface area contributed by atoms with E-state index in [4.69, 9.17) is 5.11 Å². The van der Waals surface area contributed by atoms with E-state index in [1.807, 2.05) is 0 Å². The summed E-state index contributed by atoms with van der Waals surface area (Å²) in [7, 11) is 0. The van der Waals surface area contributed by atoms with Crippen molar-refractivity contribution in [2.75, 3.05) is 0 Å². The molecule has 2 aromatic carbocycles. The zero-order valence-corrected chi connectivity index (χ0v) is 11.0.